The Balaban J connectivity index is 1.63. The van der Waals surface area contributed by atoms with Crippen molar-refractivity contribution in [2.24, 2.45) is 0 Å². The van der Waals surface area contributed by atoms with E-state index in [1.807, 2.05) is 31.3 Å². The molecule has 0 fully saturated rings. The fourth-order valence-corrected chi connectivity index (χ4v) is 3.30. The van der Waals surface area contributed by atoms with Crippen LogP contribution in [0.3, 0.4) is 0 Å². The van der Waals surface area contributed by atoms with Gasteiger partial charge in [-0.05, 0) is 29.8 Å². The van der Waals surface area contributed by atoms with E-state index in [0.717, 1.165) is 22.3 Å². The summed E-state index contributed by atoms with van der Waals surface area (Å²) in [5, 5.41) is 2.71. The molecule has 1 aliphatic heterocycles. The summed E-state index contributed by atoms with van der Waals surface area (Å²) >= 11 is 3.34. The second-order valence-corrected chi connectivity index (χ2v) is 6.97. The van der Waals surface area contributed by atoms with Gasteiger partial charge in [0.25, 0.3) is 5.91 Å². The lowest BCUT2D eigenvalue weighted by Gasteiger charge is -2.21. The molecular weight excluding hydrogens is 382 g/mol. The second kappa shape index (κ2) is 7.70. The molecule has 2 amide bonds. The van der Waals surface area contributed by atoms with Crippen LogP contribution in [-0.2, 0) is 11.3 Å². The number of anilines is 1. The Kier molecular flexibility index (Phi) is 5.38. The van der Waals surface area contributed by atoms with E-state index in [2.05, 4.69) is 32.2 Å². The topological polar surface area (TPSA) is 52.6 Å². The number of carbonyl (C=O) groups excluding carboxylic acids is 2. The maximum atomic E-state index is 12.6. The Bertz CT molecular complexity index is 794. The molecule has 5 nitrogen and oxygen atoms in total. The van der Waals surface area contributed by atoms with E-state index >= 15 is 0 Å². The highest BCUT2D eigenvalue weighted by Crippen LogP contribution is 2.23. The molecular formula is C19H20BrN3O2. The van der Waals surface area contributed by atoms with Crippen molar-refractivity contribution in [3.05, 3.63) is 64.1 Å². The number of fused-ring (bicyclic) bond motifs is 1. The van der Waals surface area contributed by atoms with Crippen molar-refractivity contribution in [2.45, 2.75) is 6.54 Å². The van der Waals surface area contributed by atoms with E-state index < -0.39 is 0 Å². The smallest absolute Gasteiger partial charge is 0.251 e. The van der Waals surface area contributed by atoms with Crippen LogP contribution in [0.25, 0.3) is 0 Å². The minimum absolute atomic E-state index is 0.00275. The number of nitrogens with zero attached hydrogens (tertiary/aromatic N) is 2. The van der Waals surface area contributed by atoms with E-state index in [0.29, 0.717) is 18.7 Å². The zero-order valence-electron chi connectivity index (χ0n) is 14.0. The summed E-state index contributed by atoms with van der Waals surface area (Å²) in [6.45, 7) is 1.96. The fourth-order valence-electron chi connectivity index (χ4n) is 2.91. The minimum atomic E-state index is -0.248. The molecule has 1 heterocycles. The predicted octanol–water partition coefficient (Wildman–Crippen LogP) is 2.66. The molecule has 0 radical (unpaired) electrons. The molecule has 2 aromatic carbocycles. The molecule has 0 bridgehead atoms. The van der Waals surface area contributed by atoms with Gasteiger partial charge in [0.05, 0.1) is 6.54 Å². The Morgan fingerprint density at radius 3 is 2.72 bits per heavy atom. The van der Waals surface area contributed by atoms with Gasteiger partial charge in [0, 0.05) is 42.4 Å². The van der Waals surface area contributed by atoms with Crippen molar-refractivity contribution >= 4 is 33.4 Å². The number of hydrogen-bond donors (Lipinski definition) is 1. The molecule has 1 aliphatic rings. The lowest BCUT2D eigenvalue weighted by atomic mass is 10.1. The van der Waals surface area contributed by atoms with Crippen LogP contribution in [-0.4, -0.2) is 43.4 Å². The molecule has 2 aromatic rings. The summed E-state index contributed by atoms with van der Waals surface area (Å²) in [6, 6.07) is 15.2. The van der Waals surface area contributed by atoms with Crippen LogP contribution in [0.15, 0.2) is 53.0 Å². The van der Waals surface area contributed by atoms with E-state index in [-0.39, 0.29) is 18.4 Å². The molecule has 130 valence electrons. The summed E-state index contributed by atoms with van der Waals surface area (Å²) in [5.74, 6) is -0.324. The first-order valence-corrected chi connectivity index (χ1v) is 8.94. The van der Waals surface area contributed by atoms with Crippen molar-refractivity contribution in [2.75, 3.05) is 31.6 Å². The number of carbonyl (C=O) groups is 2. The maximum absolute atomic E-state index is 12.6. The molecule has 0 spiro atoms. The zero-order valence-corrected chi connectivity index (χ0v) is 15.6. The monoisotopic (exact) mass is 401 g/mol. The van der Waals surface area contributed by atoms with Gasteiger partial charge in [-0.25, -0.2) is 0 Å². The minimum Gasteiger partial charge on any atom is -0.373 e. The predicted molar refractivity (Wildman–Crippen MR) is 102 cm³/mol. The van der Waals surface area contributed by atoms with Gasteiger partial charge in [-0.1, -0.05) is 40.2 Å². The van der Waals surface area contributed by atoms with E-state index in [4.69, 9.17) is 0 Å². The maximum Gasteiger partial charge on any atom is 0.251 e. The number of halogens is 1. The standard InChI is InChI=1S/C19H20BrN3O2/c1-22-9-10-23(13-15-5-2-3-8-17(15)22)18(24)12-21-19(25)14-6-4-7-16(20)11-14/h2-8,11H,9-10,12-13H2,1H3,(H,21,25). The number of nitrogens with one attached hydrogen (secondary N) is 1. The van der Waals surface area contributed by atoms with E-state index in [1.165, 1.54) is 0 Å². The Morgan fingerprint density at radius 1 is 1.12 bits per heavy atom. The average Bonchev–Trinajstić information content (AvgIpc) is 2.79. The van der Waals surface area contributed by atoms with Crippen LogP contribution in [0.5, 0.6) is 0 Å². The van der Waals surface area contributed by atoms with Gasteiger partial charge >= 0.3 is 0 Å². The third-order valence-electron chi connectivity index (χ3n) is 4.31. The fraction of sp³-hybridized carbons (Fsp3) is 0.263. The quantitative estimate of drug-likeness (QED) is 0.859. The number of benzene rings is 2. The second-order valence-electron chi connectivity index (χ2n) is 6.06. The summed E-state index contributed by atoms with van der Waals surface area (Å²) in [5.41, 5.74) is 2.80. The molecule has 1 N–H and O–H groups in total. The summed E-state index contributed by atoms with van der Waals surface area (Å²) in [7, 11) is 2.03. The van der Waals surface area contributed by atoms with Crippen molar-refractivity contribution in [1.82, 2.24) is 10.2 Å². The molecule has 0 unspecified atom stereocenters. The highest BCUT2D eigenvalue weighted by atomic mass is 79.9. The van der Waals surface area contributed by atoms with Gasteiger partial charge in [-0.3, -0.25) is 9.59 Å². The lowest BCUT2D eigenvalue weighted by Crippen LogP contribution is -2.41. The van der Waals surface area contributed by atoms with Gasteiger partial charge in [0.2, 0.25) is 5.91 Å². The number of rotatable bonds is 3. The molecule has 0 aromatic heterocycles. The summed E-state index contributed by atoms with van der Waals surface area (Å²) in [6.07, 6.45) is 0. The van der Waals surface area contributed by atoms with Gasteiger partial charge in [0.15, 0.2) is 0 Å². The summed E-state index contributed by atoms with van der Waals surface area (Å²) < 4.78 is 0.832. The number of hydrogen-bond acceptors (Lipinski definition) is 3. The van der Waals surface area contributed by atoms with Gasteiger partial charge in [0.1, 0.15) is 0 Å². The van der Waals surface area contributed by atoms with Gasteiger partial charge < -0.3 is 15.1 Å². The zero-order chi connectivity index (χ0) is 17.8. The van der Waals surface area contributed by atoms with Gasteiger partial charge in [-0.15, -0.1) is 0 Å². The van der Waals surface area contributed by atoms with Crippen LogP contribution in [0.4, 0.5) is 5.69 Å². The van der Waals surface area contributed by atoms with Crippen molar-refractivity contribution in [3.63, 3.8) is 0 Å². The third kappa shape index (κ3) is 4.20. The first-order chi connectivity index (χ1) is 12.0. The SMILES string of the molecule is CN1CCN(C(=O)CNC(=O)c2cccc(Br)c2)Cc2ccccc21. The molecule has 0 atom stereocenters. The van der Waals surface area contributed by atoms with Crippen LogP contribution in [0.2, 0.25) is 0 Å². The molecule has 6 heteroatoms. The Morgan fingerprint density at radius 2 is 1.92 bits per heavy atom. The van der Waals surface area contributed by atoms with Gasteiger partial charge in [-0.2, -0.15) is 0 Å². The largest absolute Gasteiger partial charge is 0.373 e. The normalized spacial score (nSPS) is 13.8. The molecule has 0 aliphatic carbocycles. The van der Waals surface area contributed by atoms with E-state index in [1.54, 1.807) is 23.1 Å². The Labute approximate surface area is 155 Å². The third-order valence-corrected chi connectivity index (χ3v) is 4.80. The molecule has 25 heavy (non-hydrogen) atoms. The van der Waals surface area contributed by atoms with Crippen LogP contribution in [0.1, 0.15) is 15.9 Å². The first-order valence-electron chi connectivity index (χ1n) is 8.15. The van der Waals surface area contributed by atoms with Crippen molar-refractivity contribution < 1.29 is 9.59 Å². The van der Waals surface area contributed by atoms with Crippen LogP contribution < -0.4 is 10.2 Å². The Hall–Kier alpha value is -2.34. The van der Waals surface area contributed by atoms with Crippen LogP contribution >= 0.6 is 15.9 Å². The molecule has 0 saturated carbocycles. The molecule has 3 rings (SSSR count). The first kappa shape index (κ1) is 17.5. The highest BCUT2D eigenvalue weighted by Gasteiger charge is 2.21. The van der Waals surface area contributed by atoms with Crippen molar-refractivity contribution in [3.8, 4) is 0 Å². The average molecular weight is 402 g/mol. The molecule has 0 saturated heterocycles. The number of likely N-dealkylation sites (N-methyl/N-ethyl adjacent to an activating group) is 1. The number of para-hydroxylation sites is 1. The lowest BCUT2D eigenvalue weighted by molar-refractivity contribution is -0.130. The summed E-state index contributed by atoms with van der Waals surface area (Å²) in [4.78, 5) is 28.7. The van der Waals surface area contributed by atoms with E-state index in [9.17, 15) is 9.59 Å². The highest BCUT2D eigenvalue weighted by molar-refractivity contribution is 9.10. The number of amides is 2. The van der Waals surface area contributed by atoms with Crippen molar-refractivity contribution in [1.29, 1.82) is 0 Å². The van der Waals surface area contributed by atoms with Crippen LogP contribution in [0, 0.1) is 0 Å².